The van der Waals surface area contributed by atoms with Crippen molar-refractivity contribution >= 4 is 46.5 Å². The van der Waals surface area contributed by atoms with Crippen LogP contribution in [0, 0.1) is 0 Å². The summed E-state index contributed by atoms with van der Waals surface area (Å²) >= 11 is 19.6. The van der Waals surface area contributed by atoms with Gasteiger partial charge in [0.15, 0.2) is 0 Å². The molecule has 1 N–H and O–H groups in total. The zero-order valence-electron chi connectivity index (χ0n) is 20.3. The van der Waals surface area contributed by atoms with Crippen molar-refractivity contribution in [2.75, 3.05) is 19.6 Å². The minimum atomic E-state index is -0.671. The molecule has 1 aliphatic carbocycles. The third kappa shape index (κ3) is 5.79. The lowest BCUT2D eigenvalue weighted by Crippen LogP contribution is -2.31. The van der Waals surface area contributed by atoms with Gasteiger partial charge in [0.2, 0.25) is 0 Å². The van der Waals surface area contributed by atoms with Crippen LogP contribution in [0.5, 0.6) is 0 Å². The molecule has 0 spiro atoms. The second-order valence-electron chi connectivity index (χ2n) is 9.19. The molecule has 3 aromatic carbocycles. The molecule has 1 atom stereocenters. The van der Waals surface area contributed by atoms with E-state index >= 15 is 0 Å². The zero-order valence-corrected chi connectivity index (χ0v) is 22.6. The summed E-state index contributed by atoms with van der Waals surface area (Å²) in [4.78, 5) is 2.37. The zero-order chi connectivity index (χ0) is 24.9. The smallest absolute Gasteiger partial charge is 0.0923 e. The van der Waals surface area contributed by atoms with Gasteiger partial charge in [0.05, 0.1) is 16.1 Å². The third-order valence-corrected chi connectivity index (χ3v) is 7.67. The van der Waals surface area contributed by atoms with Crippen LogP contribution in [-0.4, -0.2) is 29.6 Å². The first-order valence-electron chi connectivity index (χ1n) is 12.4. The van der Waals surface area contributed by atoms with Gasteiger partial charge in [0.1, 0.15) is 0 Å². The highest BCUT2D eigenvalue weighted by Crippen LogP contribution is 2.52. The maximum atomic E-state index is 11.5. The Morgan fingerprint density at radius 2 is 1.49 bits per heavy atom. The van der Waals surface area contributed by atoms with Gasteiger partial charge < -0.3 is 10.0 Å². The summed E-state index contributed by atoms with van der Waals surface area (Å²) in [6.07, 6.45) is 5.95. The molecule has 0 aliphatic heterocycles. The van der Waals surface area contributed by atoms with Gasteiger partial charge in [0, 0.05) is 17.1 Å². The summed E-state index contributed by atoms with van der Waals surface area (Å²) in [5, 5.41) is 13.2. The fourth-order valence-corrected chi connectivity index (χ4v) is 5.39. The highest BCUT2D eigenvalue weighted by atomic mass is 35.5. The summed E-state index contributed by atoms with van der Waals surface area (Å²) in [5.41, 5.74) is 6.89. The first kappa shape index (κ1) is 26.3. The largest absolute Gasteiger partial charge is 0.387 e. The predicted molar refractivity (Wildman–Crippen MR) is 152 cm³/mol. The van der Waals surface area contributed by atoms with Crippen LogP contribution in [-0.2, 0) is 0 Å². The van der Waals surface area contributed by atoms with E-state index in [1.165, 1.54) is 0 Å². The van der Waals surface area contributed by atoms with E-state index in [2.05, 4.69) is 37.0 Å². The Kier molecular flexibility index (Phi) is 8.97. The topological polar surface area (TPSA) is 23.5 Å². The number of fused-ring (bicyclic) bond motifs is 3. The molecule has 184 valence electrons. The first-order valence-corrected chi connectivity index (χ1v) is 13.6. The van der Waals surface area contributed by atoms with Gasteiger partial charge in [-0.1, -0.05) is 97.9 Å². The number of halogens is 3. The lowest BCUT2D eigenvalue weighted by molar-refractivity contribution is 0.111. The summed E-state index contributed by atoms with van der Waals surface area (Å²) < 4.78 is 0. The average molecular weight is 529 g/mol. The van der Waals surface area contributed by atoms with Crippen molar-refractivity contribution < 1.29 is 5.11 Å². The van der Waals surface area contributed by atoms with Gasteiger partial charge in [-0.25, -0.2) is 0 Å². The van der Waals surface area contributed by atoms with Crippen molar-refractivity contribution in [2.24, 2.45) is 0 Å². The average Bonchev–Trinajstić information content (AvgIpc) is 3.18. The molecule has 0 saturated carbocycles. The molecule has 1 unspecified atom stereocenters. The fourth-order valence-electron chi connectivity index (χ4n) is 4.80. The molecule has 0 saturated heterocycles. The van der Waals surface area contributed by atoms with Crippen molar-refractivity contribution in [3.63, 3.8) is 0 Å². The quantitative estimate of drug-likeness (QED) is 0.222. The van der Waals surface area contributed by atoms with Crippen LogP contribution < -0.4 is 0 Å². The van der Waals surface area contributed by atoms with E-state index in [9.17, 15) is 5.11 Å². The Labute approximate surface area is 224 Å². The molecule has 0 aromatic heterocycles. The van der Waals surface area contributed by atoms with Gasteiger partial charge in [-0.15, -0.1) is 0 Å². The SMILES string of the molecule is CCCCN(CCCC)CC(O)c1cc(Cl)c(Cl)c2c1-c1ccccc1C2=Cc1ccc(Cl)cc1. The Morgan fingerprint density at radius 3 is 2.11 bits per heavy atom. The monoisotopic (exact) mass is 527 g/mol. The molecule has 5 heteroatoms. The standard InChI is InChI=1S/C30H32Cl3NO/c1-3-5-15-34(16-6-4-2)19-27(35)25-18-26(32)30(33)29-24(17-20-11-13-21(31)14-12-20)22-9-7-8-10-23(22)28(25)29/h7-14,17-18,27,35H,3-6,15-16,19H2,1-2H3. The van der Waals surface area contributed by atoms with E-state index in [1.54, 1.807) is 0 Å². The number of unbranched alkanes of at least 4 members (excludes halogenated alkanes) is 2. The van der Waals surface area contributed by atoms with E-state index in [-0.39, 0.29) is 0 Å². The molecule has 2 nitrogen and oxygen atoms in total. The Balaban J connectivity index is 1.81. The molecule has 1 aliphatic rings. The van der Waals surface area contributed by atoms with Gasteiger partial charge in [-0.05, 0) is 83.6 Å². The number of hydrogen-bond acceptors (Lipinski definition) is 2. The van der Waals surface area contributed by atoms with Crippen molar-refractivity contribution in [1.29, 1.82) is 0 Å². The minimum Gasteiger partial charge on any atom is -0.387 e. The number of rotatable bonds is 10. The van der Waals surface area contributed by atoms with Gasteiger partial charge in [-0.3, -0.25) is 0 Å². The fraction of sp³-hybridized carbons (Fsp3) is 0.333. The summed E-state index contributed by atoms with van der Waals surface area (Å²) in [7, 11) is 0. The molecule has 0 fully saturated rings. The van der Waals surface area contributed by atoms with Crippen molar-refractivity contribution in [1.82, 2.24) is 4.90 Å². The Morgan fingerprint density at radius 1 is 0.857 bits per heavy atom. The second-order valence-corrected chi connectivity index (χ2v) is 10.4. The number of aliphatic hydroxyl groups is 1. The van der Waals surface area contributed by atoms with Crippen LogP contribution in [0.3, 0.4) is 0 Å². The molecular formula is C30H32Cl3NO. The van der Waals surface area contributed by atoms with Crippen LogP contribution >= 0.6 is 34.8 Å². The van der Waals surface area contributed by atoms with Crippen LogP contribution in [0.2, 0.25) is 15.1 Å². The van der Waals surface area contributed by atoms with Crippen molar-refractivity contribution in [2.45, 2.75) is 45.6 Å². The van der Waals surface area contributed by atoms with E-state index in [1.807, 2.05) is 42.5 Å². The Bertz CT molecular complexity index is 1190. The number of benzene rings is 3. The lowest BCUT2D eigenvalue weighted by Gasteiger charge is -2.26. The van der Waals surface area contributed by atoms with Crippen LogP contribution in [0.15, 0.2) is 54.6 Å². The minimum absolute atomic E-state index is 0.461. The lowest BCUT2D eigenvalue weighted by atomic mass is 9.94. The maximum absolute atomic E-state index is 11.5. The van der Waals surface area contributed by atoms with Crippen LogP contribution in [0.4, 0.5) is 0 Å². The highest BCUT2D eigenvalue weighted by molar-refractivity contribution is 6.44. The molecule has 0 heterocycles. The summed E-state index contributed by atoms with van der Waals surface area (Å²) in [5.74, 6) is 0. The summed E-state index contributed by atoms with van der Waals surface area (Å²) in [6.45, 7) is 6.94. The molecule has 3 aromatic rings. The van der Waals surface area contributed by atoms with Gasteiger partial charge in [0.25, 0.3) is 0 Å². The number of aliphatic hydroxyl groups excluding tert-OH is 1. The second kappa shape index (κ2) is 12.0. The third-order valence-electron chi connectivity index (χ3n) is 6.63. The molecule has 0 amide bonds. The van der Waals surface area contributed by atoms with E-state index in [0.717, 1.165) is 77.7 Å². The van der Waals surface area contributed by atoms with Crippen LogP contribution in [0.1, 0.15) is 67.9 Å². The van der Waals surface area contributed by atoms with E-state index in [4.69, 9.17) is 34.8 Å². The molecule has 0 radical (unpaired) electrons. The molecule has 0 bridgehead atoms. The Hall–Kier alpha value is -1.81. The normalized spacial score (nSPS) is 14.4. The van der Waals surface area contributed by atoms with E-state index in [0.29, 0.717) is 21.6 Å². The van der Waals surface area contributed by atoms with Gasteiger partial charge >= 0.3 is 0 Å². The maximum Gasteiger partial charge on any atom is 0.0923 e. The van der Waals surface area contributed by atoms with Crippen LogP contribution in [0.25, 0.3) is 22.8 Å². The summed E-state index contributed by atoms with van der Waals surface area (Å²) in [6, 6.07) is 17.9. The van der Waals surface area contributed by atoms with Gasteiger partial charge in [-0.2, -0.15) is 0 Å². The molecule has 4 rings (SSSR count). The molecular weight excluding hydrogens is 497 g/mol. The van der Waals surface area contributed by atoms with Crippen molar-refractivity contribution in [3.05, 3.63) is 91.9 Å². The van der Waals surface area contributed by atoms with Crippen molar-refractivity contribution in [3.8, 4) is 11.1 Å². The highest BCUT2D eigenvalue weighted by Gasteiger charge is 2.32. The predicted octanol–water partition coefficient (Wildman–Crippen LogP) is 9.15. The first-order chi connectivity index (χ1) is 16.9. The number of nitrogens with zero attached hydrogens (tertiary/aromatic N) is 1. The molecule has 35 heavy (non-hydrogen) atoms. The van der Waals surface area contributed by atoms with E-state index < -0.39 is 6.10 Å². The number of hydrogen-bond donors (Lipinski definition) is 1.